The number of carbonyl (C=O) groups is 1. The zero-order valence-electron chi connectivity index (χ0n) is 28.1. The van der Waals surface area contributed by atoms with Gasteiger partial charge in [0, 0.05) is 42.3 Å². The van der Waals surface area contributed by atoms with E-state index < -0.39 is 5.60 Å². The first-order chi connectivity index (χ1) is 22.6. The Bertz CT molecular complexity index is 1620. The highest BCUT2D eigenvalue weighted by Crippen LogP contribution is 2.42. The van der Waals surface area contributed by atoms with Crippen LogP contribution in [0.25, 0.3) is 10.8 Å². The lowest BCUT2D eigenvalue weighted by atomic mass is 9.96. The van der Waals surface area contributed by atoms with Crippen LogP contribution in [0.5, 0.6) is 6.01 Å². The number of carbonyl (C=O) groups excluding carboxylic acids is 1. The number of nitrogens with zero attached hydrogens (tertiary/aromatic N) is 6. The highest BCUT2D eigenvalue weighted by atomic mass is 35.5. The first kappa shape index (κ1) is 32.2. The second kappa shape index (κ2) is 12.9. The number of amides is 1. The second-order valence-electron chi connectivity index (χ2n) is 14.7. The Hall–Kier alpha value is -3.34. The normalized spacial score (nSPS) is 24.6. The number of likely N-dealkylation sites (tertiary alicyclic amines) is 1. The number of benzene rings is 2. The largest absolute Gasteiger partial charge is 0.462 e. The first-order valence-corrected chi connectivity index (χ1v) is 17.6. The van der Waals surface area contributed by atoms with E-state index in [2.05, 4.69) is 46.0 Å². The number of nitrogens with two attached hydrogens (primary N) is 1. The molecule has 252 valence electrons. The van der Waals surface area contributed by atoms with Crippen LogP contribution in [0.15, 0.2) is 36.4 Å². The van der Waals surface area contributed by atoms with Gasteiger partial charge in [0.25, 0.3) is 0 Å². The van der Waals surface area contributed by atoms with Gasteiger partial charge in [0.1, 0.15) is 18.0 Å². The molecule has 2 bridgehead atoms. The summed E-state index contributed by atoms with van der Waals surface area (Å²) < 4.78 is 12.3. The minimum absolute atomic E-state index is 0.00665. The summed E-state index contributed by atoms with van der Waals surface area (Å²) in [5.74, 6) is 1.26. The lowest BCUT2D eigenvalue weighted by molar-refractivity contribution is 0.0103. The average Bonchev–Trinajstić information content (AvgIpc) is 3.55. The monoisotopic (exact) mass is 661 g/mol. The third kappa shape index (κ3) is 6.44. The molecule has 0 aliphatic carbocycles. The molecule has 4 aliphatic heterocycles. The Labute approximate surface area is 283 Å². The summed E-state index contributed by atoms with van der Waals surface area (Å²) in [6, 6.07) is 13.2. The van der Waals surface area contributed by atoms with Crippen molar-refractivity contribution in [2.24, 2.45) is 11.7 Å². The number of hydrogen-bond acceptors (Lipinski definition) is 9. The Morgan fingerprint density at radius 1 is 1.09 bits per heavy atom. The molecule has 4 atom stereocenters. The lowest BCUT2D eigenvalue weighted by Crippen LogP contribution is -2.58. The number of ether oxygens (including phenoxy) is 2. The predicted octanol–water partition coefficient (Wildman–Crippen LogP) is 5.48. The summed E-state index contributed by atoms with van der Waals surface area (Å²) >= 11 is 6.76. The molecule has 3 aromatic rings. The van der Waals surface area contributed by atoms with Crippen molar-refractivity contribution in [1.29, 1.82) is 0 Å². The molecule has 0 unspecified atom stereocenters. The molecule has 47 heavy (non-hydrogen) atoms. The molecule has 2 N–H and O–H groups in total. The maximum Gasteiger partial charge on any atom is 0.410 e. The molecule has 1 amide bonds. The maximum absolute atomic E-state index is 13.5. The zero-order valence-corrected chi connectivity index (χ0v) is 28.9. The van der Waals surface area contributed by atoms with Crippen molar-refractivity contribution in [3.05, 3.63) is 52.7 Å². The molecule has 11 heteroatoms. The summed E-state index contributed by atoms with van der Waals surface area (Å²) in [6.07, 6.45) is 4.65. The Kier molecular flexibility index (Phi) is 8.87. The van der Waals surface area contributed by atoms with Crippen molar-refractivity contribution in [1.82, 2.24) is 19.8 Å². The van der Waals surface area contributed by atoms with Crippen LogP contribution in [0.1, 0.15) is 57.7 Å². The minimum atomic E-state index is -0.553. The molecule has 7 rings (SSSR count). The van der Waals surface area contributed by atoms with Gasteiger partial charge in [-0.1, -0.05) is 35.9 Å². The third-order valence-electron chi connectivity index (χ3n) is 10.4. The van der Waals surface area contributed by atoms with Gasteiger partial charge < -0.3 is 29.9 Å². The van der Waals surface area contributed by atoms with Gasteiger partial charge >= 0.3 is 12.1 Å². The number of hydrogen-bond donors (Lipinski definition) is 1. The summed E-state index contributed by atoms with van der Waals surface area (Å²) in [4.78, 5) is 32.8. The van der Waals surface area contributed by atoms with Gasteiger partial charge in [0.2, 0.25) is 0 Å². The highest BCUT2D eigenvalue weighted by Gasteiger charge is 2.50. The van der Waals surface area contributed by atoms with Crippen molar-refractivity contribution in [2.45, 2.75) is 83.1 Å². The van der Waals surface area contributed by atoms with Gasteiger partial charge in [-0.25, -0.2) is 4.79 Å². The number of rotatable bonds is 7. The predicted molar refractivity (Wildman–Crippen MR) is 187 cm³/mol. The molecular weight excluding hydrogens is 614 g/mol. The molecular formula is C36H48ClN7O3. The number of anilines is 2. The van der Waals surface area contributed by atoms with E-state index in [4.69, 9.17) is 36.8 Å². The minimum Gasteiger partial charge on any atom is -0.462 e. The van der Waals surface area contributed by atoms with Gasteiger partial charge in [-0.2, -0.15) is 9.97 Å². The number of fused-ring (bicyclic) bond motifs is 4. The van der Waals surface area contributed by atoms with E-state index in [0.717, 1.165) is 71.8 Å². The summed E-state index contributed by atoms with van der Waals surface area (Å²) in [5.41, 5.74) is 8.78. The fraction of sp³-hybridized carbons (Fsp3) is 0.583. The van der Waals surface area contributed by atoms with E-state index in [0.29, 0.717) is 50.8 Å². The number of aromatic nitrogens is 2. The van der Waals surface area contributed by atoms with Crippen molar-refractivity contribution >= 4 is 40.0 Å². The van der Waals surface area contributed by atoms with Gasteiger partial charge in [0.05, 0.1) is 29.3 Å². The highest BCUT2D eigenvalue weighted by molar-refractivity contribution is 6.36. The molecule has 1 aromatic heterocycles. The summed E-state index contributed by atoms with van der Waals surface area (Å²) in [6.45, 7) is 10.8. The van der Waals surface area contributed by atoms with Crippen LogP contribution in [-0.4, -0.2) is 96.0 Å². The molecule has 4 aliphatic rings. The molecule has 10 nitrogen and oxygen atoms in total. The van der Waals surface area contributed by atoms with E-state index in [9.17, 15) is 4.79 Å². The maximum atomic E-state index is 13.5. The Balaban J connectivity index is 1.22. The van der Waals surface area contributed by atoms with Crippen LogP contribution in [0, 0.1) is 5.92 Å². The van der Waals surface area contributed by atoms with Crippen LogP contribution in [-0.2, 0) is 17.7 Å². The van der Waals surface area contributed by atoms with E-state index >= 15 is 0 Å². The van der Waals surface area contributed by atoms with Gasteiger partial charge in [-0.3, -0.25) is 4.90 Å². The van der Waals surface area contributed by atoms with Crippen molar-refractivity contribution in [2.75, 3.05) is 56.2 Å². The van der Waals surface area contributed by atoms with E-state index in [1.807, 2.05) is 37.8 Å². The van der Waals surface area contributed by atoms with Crippen molar-refractivity contribution < 1.29 is 14.3 Å². The molecule has 0 radical (unpaired) electrons. The Morgan fingerprint density at radius 2 is 1.89 bits per heavy atom. The quantitative estimate of drug-likeness (QED) is 0.353. The topological polar surface area (TPSA) is 100 Å². The van der Waals surface area contributed by atoms with Gasteiger partial charge in [-0.15, -0.1) is 0 Å². The van der Waals surface area contributed by atoms with E-state index in [-0.39, 0.29) is 18.2 Å². The molecule has 0 spiro atoms. The number of piperazine rings is 1. The van der Waals surface area contributed by atoms with Crippen LogP contribution in [0.2, 0.25) is 5.02 Å². The SMILES string of the molecule is CN1CCC[C@H]1COc1nc2c(c(N3C[C@H]4C[C@@H](CCN)[C@@H](C3)N4C(=O)OC(C)(C)C)n1)CCN(c1cccc3cccc(Cl)c13)C2. The molecule has 3 saturated heterocycles. The van der Waals surface area contributed by atoms with Crippen LogP contribution >= 0.6 is 11.6 Å². The summed E-state index contributed by atoms with van der Waals surface area (Å²) in [5, 5.41) is 2.94. The fourth-order valence-corrected chi connectivity index (χ4v) is 8.47. The Morgan fingerprint density at radius 3 is 2.64 bits per heavy atom. The lowest BCUT2D eigenvalue weighted by Gasteiger charge is -2.43. The molecule has 0 saturated carbocycles. The van der Waals surface area contributed by atoms with Gasteiger partial charge in [-0.05, 0) is 96.4 Å². The van der Waals surface area contributed by atoms with E-state index in [1.165, 1.54) is 12.0 Å². The average molecular weight is 662 g/mol. The second-order valence-corrected chi connectivity index (χ2v) is 15.1. The molecule has 3 fully saturated rings. The zero-order chi connectivity index (χ0) is 32.9. The van der Waals surface area contributed by atoms with Crippen LogP contribution < -0.4 is 20.3 Å². The smallest absolute Gasteiger partial charge is 0.410 e. The van der Waals surface area contributed by atoms with Gasteiger partial charge in [0.15, 0.2) is 0 Å². The van der Waals surface area contributed by atoms with Crippen LogP contribution in [0.4, 0.5) is 16.3 Å². The van der Waals surface area contributed by atoms with Crippen LogP contribution in [0.3, 0.4) is 0 Å². The fourth-order valence-electron chi connectivity index (χ4n) is 8.19. The molecule has 2 aromatic carbocycles. The van der Waals surface area contributed by atoms with Crippen molar-refractivity contribution in [3.8, 4) is 6.01 Å². The number of likely N-dealkylation sites (N-methyl/N-ethyl adjacent to an activating group) is 1. The third-order valence-corrected chi connectivity index (χ3v) is 10.7. The van der Waals surface area contributed by atoms with E-state index in [1.54, 1.807) is 0 Å². The number of halogens is 1. The van der Waals surface area contributed by atoms with Crippen molar-refractivity contribution in [3.63, 3.8) is 0 Å². The first-order valence-electron chi connectivity index (χ1n) is 17.2. The molecule has 5 heterocycles. The summed E-state index contributed by atoms with van der Waals surface area (Å²) in [7, 11) is 2.16. The standard InChI is InChI=1S/C36H48ClN7O3/c1-36(2,3)47-35(45)44-26-18-24(13-15-38)31(44)21-43(19-26)33-27-14-17-42(30-12-6-9-23-8-5-11-28(37)32(23)30)20-29(27)39-34(40-33)46-22-25-10-7-16-41(25)4/h5-6,8-9,11-12,24-26,31H,7,10,13-22,38H2,1-4H3/t24-,25+,26-,31-/m1/s1.